The zero-order chi connectivity index (χ0) is 14.5. The van der Waals surface area contributed by atoms with E-state index < -0.39 is 0 Å². The van der Waals surface area contributed by atoms with Crippen LogP contribution in [-0.2, 0) is 12.8 Å². The molecule has 0 fully saturated rings. The summed E-state index contributed by atoms with van der Waals surface area (Å²) in [6.07, 6.45) is 2.68. The van der Waals surface area contributed by atoms with Crippen LogP contribution in [-0.4, -0.2) is 6.04 Å². The van der Waals surface area contributed by atoms with Gasteiger partial charge >= 0.3 is 0 Å². The van der Waals surface area contributed by atoms with Crippen molar-refractivity contribution < 1.29 is 4.39 Å². The molecule has 0 spiro atoms. The second kappa shape index (κ2) is 7.00. The zero-order valence-corrected chi connectivity index (χ0v) is 13.2. The topological polar surface area (TPSA) is 26.0 Å². The maximum Gasteiger partial charge on any atom is 0.137 e. The van der Waals surface area contributed by atoms with Crippen LogP contribution in [0.5, 0.6) is 0 Å². The molecule has 2 aromatic rings. The number of hydrogen-bond donors (Lipinski definition) is 1. The quantitative estimate of drug-likeness (QED) is 0.860. The number of nitrogens with two attached hydrogens (primary N) is 1. The van der Waals surface area contributed by atoms with E-state index in [2.05, 4.69) is 47.1 Å². The molecule has 1 unspecified atom stereocenters. The summed E-state index contributed by atoms with van der Waals surface area (Å²) >= 11 is 3.21. The highest BCUT2D eigenvalue weighted by molar-refractivity contribution is 9.10. The predicted octanol–water partition coefficient (Wildman–Crippen LogP) is 4.40. The molecule has 0 saturated carbocycles. The van der Waals surface area contributed by atoms with Crippen molar-refractivity contribution in [2.24, 2.45) is 5.73 Å². The molecule has 0 heterocycles. The third-order valence-corrected chi connectivity index (χ3v) is 4.14. The molecule has 1 atom stereocenters. The highest BCUT2D eigenvalue weighted by Gasteiger charge is 2.07. The van der Waals surface area contributed by atoms with E-state index in [0.29, 0.717) is 4.47 Å². The minimum absolute atomic E-state index is 0.0898. The van der Waals surface area contributed by atoms with Gasteiger partial charge in [-0.15, -0.1) is 0 Å². The van der Waals surface area contributed by atoms with E-state index in [4.69, 9.17) is 5.73 Å². The Morgan fingerprint density at radius 2 is 1.95 bits per heavy atom. The number of hydrogen-bond acceptors (Lipinski definition) is 1. The molecule has 20 heavy (non-hydrogen) atoms. The summed E-state index contributed by atoms with van der Waals surface area (Å²) in [5.74, 6) is -0.234. The van der Waals surface area contributed by atoms with Gasteiger partial charge in [0, 0.05) is 6.04 Å². The third kappa shape index (κ3) is 4.15. The van der Waals surface area contributed by atoms with E-state index in [9.17, 15) is 4.39 Å². The van der Waals surface area contributed by atoms with Gasteiger partial charge in [0.05, 0.1) is 4.47 Å². The molecule has 0 radical (unpaired) electrons. The van der Waals surface area contributed by atoms with E-state index in [1.807, 2.05) is 6.07 Å². The molecule has 2 N–H and O–H groups in total. The molecule has 0 bridgehead atoms. The first-order valence-electron chi connectivity index (χ1n) is 6.80. The Kier molecular flexibility index (Phi) is 5.32. The lowest BCUT2D eigenvalue weighted by Crippen LogP contribution is -2.23. The van der Waals surface area contributed by atoms with Crippen LogP contribution in [0.15, 0.2) is 46.9 Å². The second-order valence-electron chi connectivity index (χ2n) is 5.18. The van der Waals surface area contributed by atoms with Gasteiger partial charge in [0.2, 0.25) is 0 Å². The van der Waals surface area contributed by atoms with E-state index in [0.717, 1.165) is 24.8 Å². The van der Waals surface area contributed by atoms with Crippen LogP contribution in [0.4, 0.5) is 4.39 Å². The second-order valence-corrected chi connectivity index (χ2v) is 6.03. The van der Waals surface area contributed by atoms with Gasteiger partial charge in [0.25, 0.3) is 0 Å². The van der Waals surface area contributed by atoms with Crippen LogP contribution in [0.2, 0.25) is 0 Å². The minimum Gasteiger partial charge on any atom is -0.327 e. The third-order valence-electron chi connectivity index (χ3n) is 3.53. The van der Waals surface area contributed by atoms with Gasteiger partial charge < -0.3 is 5.73 Å². The Balaban J connectivity index is 1.91. The SMILES string of the molecule is Cc1ccccc1CCC(N)Cc1ccc(F)c(Br)c1. The minimum atomic E-state index is -0.234. The maximum absolute atomic E-state index is 13.2. The Labute approximate surface area is 128 Å². The summed E-state index contributed by atoms with van der Waals surface area (Å²) in [5.41, 5.74) is 9.91. The van der Waals surface area contributed by atoms with Gasteiger partial charge in [-0.05, 0) is 70.9 Å². The lowest BCUT2D eigenvalue weighted by Gasteiger charge is -2.13. The van der Waals surface area contributed by atoms with Crippen molar-refractivity contribution in [3.63, 3.8) is 0 Å². The van der Waals surface area contributed by atoms with E-state index in [1.54, 1.807) is 6.07 Å². The lowest BCUT2D eigenvalue weighted by atomic mass is 9.98. The fourth-order valence-corrected chi connectivity index (χ4v) is 2.73. The van der Waals surface area contributed by atoms with E-state index >= 15 is 0 Å². The monoisotopic (exact) mass is 335 g/mol. The highest BCUT2D eigenvalue weighted by Crippen LogP contribution is 2.18. The van der Waals surface area contributed by atoms with Crippen molar-refractivity contribution in [1.82, 2.24) is 0 Å². The molecule has 0 saturated heterocycles. The fourth-order valence-electron chi connectivity index (χ4n) is 2.30. The van der Waals surface area contributed by atoms with Crippen molar-refractivity contribution in [2.75, 3.05) is 0 Å². The van der Waals surface area contributed by atoms with Crippen LogP contribution >= 0.6 is 15.9 Å². The highest BCUT2D eigenvalue weighted by atomic mass is 79.9. The molecule has 0 aliphatic heterocycles. The first-order chi connectivity index (χ1) is 9.56. The van der Waals surface area contributed by atoms with Crippen molar-refractivity contribution in [3.8, 4) is 0 Å². The Bertz CT molecular complexity index is 583. The van der Waals surface area contributed by atoms with E-state index in [-0.39, 0.29) is 11.9 Å². The summed E-state index contributed by atoms with van der Waals surface area (Å²) < 4.78 is 13.7. The first-order valence-corrected chi connectivity index (χ1v) is 7.59. The number of rotatable bonds is 5. The van der Waals surface area contributed by atoms with Crippen LogP contribution in [0.1, 0.15) is 23.1 Å². The summed E-state index contributed by atoms with van der Waals surface area (Å²) in [5, 5.41) is 0. The van der Waals surface area contributed by atoms with Gasteiger partial charge in [-0.1, -0.05) is 30.3 Å². The van der Waals surface area contributed by atoms with Crippen molar-refractivity contribution >= 4 is 15.9 Å². The Hall–Kier alpha value is -1.19. The fraction of sp³-hybridized carbons (Fsp3) is 0.294. The van der Waals surface area contributed by atoms with Gasteiger partial charge in [-0.3, -0.25) is 0 Å². The predicted molar refractivity (Wildman–Crippen MR) is 85.3 cm³/mol. The number of benzene rings is 2. The summed E-state index contributed by atoms with van der Waals surface area (Å²) in [4.78, 5) is 0. The molecule has 0 amide bonds. The molecule has 0 aliphatic carbocycles. The normalized spacial score (nSPS) is 12.4. The van der Waals surface area contributed by atoms with Crippen LogP contribution in [0.3, 0.4) is 0 Å². The van der Waals surface area contributed by atoms with Crippen molar-refractivity contribution in [3.05, 3.63) is 69.4 Å². The van der Waals surface area contributed by atoms with Gasteiger partial charge in [0.1, 0.15) is 5.82 Å². The summed E-state index contributed by atoms with van der Waals surface area (Å²) in [6, 6.07) is 13.6. The number of aryl methyl sites for hydroxylation is 2. The Morgan fingerprint density at radius 1 is 1.20 bits per heavy atom. The number of halogens is 2. The average molecular weight is 336 g/mol. The Morgan fingerprint density at radius 3 is 2.65 bits per heavy atom. The van der Waals surface area contributed by atoms with Gasteiger partial charge in [-0.25, -0.2) is 4.39 Å². The van der Waals surface area contributed by atoms with Crippen LogP contribution in [0.25, 0.3) is 0 Å². The molecule has 2 aromatic carbocycles. The summed E-state index contributed by atoms with van der Waals surface area (Å²) in [7, 11) is 0. The van der Waals surface area contributed by atoms with Gasteiger partial charge in [-0.2, -0.15) is 0 Å². The van der Waals surface area contributed by atoms with Crippen molar-refractivity contribution in [2.45, 2.75) is 32.2 Å². The summed E-state index contributed by atoms with van der Waals surface area (Å²) in [6.45, 7) is 2.12. The van der Waals surface area contributed by atoms with Crippen LogP contribution in [0, 0.1) is 12.7 Å². The standard InChI is InChI=1S/C17H19BrFN/c1-12-4-2-3-5-14(12)7-8-15(20)10-13-6-9-17(19)16(18)11-13/h2-6,9,11,15H,7-8,10,20H2,1H3. The molecule has 3 heteroatoms. The molecule has 2 rings (SSSR count). The maximum atomic E-state index is 13.2. The van der Waals surface area contributed by atoms with Crippen LogP contribution < -0.4 is 5.73 Å². The largest absolute Gasteiger partial charge is 0.327 e. The molecular formula is C17H19BrFN. The van der Waals surface area contributed by atoms with Gasteiger partial charge in [0.15, 0.2) is 0 Å². The lowest BCUT2D eigenvalue weighted by molar-refractivity contribution is 0.602. The molecular weight excluding hydrogens is 317 g/mol. The molecule has 1 nitrogen and oxygen atoms in total. The van der Waals surface area contributed by atoms with E-state index in [1.165, 1.54) is 17.2 Å². The first kappa shape index (κ1) is 15.2. The zero-order valence-electron chi connectivity index (χ0n) is 11.6. The molecule has 0 aromatic heterocycles. The van der Waals surface area contributed by atoms with Crippen molar-refractivity contribution in [1.29, 1.82) is 0 Å². The molecule has 106 valence electrons. The average Bonchev–Trinajstić information content (AvgIpc) is 2.42. The smallest absolute Gasteiger partial charge is 0.137 e. The molecule has 0 aliphatic rings.